The van der Waals surface area contributed by atoms with Crippen molar-refractivity contribution in [2.45, 2.75) is 19.1 Å². The van der Waals surface area contributed by atoms with E-state index in [1.165, 1.54) is 30.0 Å². The van der Waals surface area contributed by atoms with Gasteiger partial charge in [-0.2, -0.15) is 13.2 Å². The molecular weight excluding hydrogens is 496 g/mol. The summed E-state index contributed by atoms with van der Waals surface area (Å²) in [6.07, 6.45) is -3.90. The molecule has 0 aliphatic carbocycles. The predicted molar refractivity (Wildman–Crippen MR) is 123 cm³/mol. The zero-order valence-corrected chi connectivity index (χ0v) is 19.8. The molecule has 2 aromatic carbocycles. The molecule has 3 rings (SSSR count). The van der Waals surface area contributed by atoms with E-state index in [9.17, 15) is 27.6 Å². The van der Waals surface area contributed by atoms with Gasteiger partial charge in [0, 0.05) is 19.8 Å². The van der Waals surface area contributed by atoms with Crippen LogP contribution in [0, 0.1) is 0 Å². The van der Waals surface area contributed by atoms with Gasteiger partial charge in [-0.15, -0.1) is 0 Å². The number of allylic oxidation sites excluding steroid dienone is 1. The molecule has 1 aliphatic heterocycles. The lowest BCUT2D eigenvalue weighted by Gasteiger charge is -2.29. The summed E-state index contributed by atoms with van der Waals surface area (Å²) in [6.45, 7) is 1.47. The molecule has 34 heavy (non-hydrogen) atoms. The summed E-state index contributed by atoms with van der Waals surface area (Å²) in [4.78, 5) is 35.8. The maximum Gasteiger partial charge on any atom is 0.418 e. The second-order valence-electron chi connectivity index (χ2n) is 7.28. The van der Waals surface area contributed by atoms with Crippen LogP contribution in [-0.2, 0) is 15.8 Å². The first-order chi connectivity index (χ1) is 15.9. The number of para-hydroxylation sites is 1. The summed E-state index contributed by atoms with van der Waals surface area (Å²) < 4.78 is 39.7. The molecule has 0 fully saturated rings. The van der Waals surface area contributed by atoms with Crippen molar-refractivity contribution in [3.63, 3.8) is 0 Å². The van der Waals surface area contributed by atoms with E-state index >= 15 is 0 Å². The number of nitrogens with zero attached hydrogens (tertiary/aromatic N) is 1. The first-order valence-electron chi connectivity index (χ1n) is 9.68. The van der Waals surface area contributed by atoms with Crippen LogP contribution >= 0.6 is 23.2 Å². The van der Waals surface area contributed by atoms with E-state index in [1.54, 1.807) is 26.2 Å². The molecule has 4 amide bonds. The number of carbonyl (C=O) groups excluding carboxylic acids is 3. The Balaban J connectivity index is 0.000000739. The quantitative estimate of drug-likeness (QED) is 0.500. The van der Waals surface area contributed by atoms with Gasteiger partial charge in [0.15, 0.2) is 0 Å². The monoisotopic (exact) mass is 516 g/mol. The van der Waals surface area contributed by atoms with Crippen molar-refractivity contribution in [2.24, 2.45) is 0 Å². The number of carbonyl (C=O) groups is 3. The number of halogens is 5. The van der Waals surface area contributed by atoms with Crippen LogP contribution < -0.4 is 16.0 Å². The summed E-state index contributed by atoms with van der Waals surface area (Å²) >= 11 is 12.3. The SMILES string of the molecule is CC1=C(C(=O)Nc2ccccc2C(F)(F)F)C(c2cccc(Cl)c2Cl)NC(=O)N1.CN(C)C=O. The number of alkyl halides is 3. The Labute approximate surface area is 203 Å². The minimum absolute atomic E-state index is 0.00532. The van der Waals surface area contributed by atoms with Gasteiger partial charge in [-0.3, -0.25) is 9.59 Å². The standard InChI is InChI=1S/C19H14Cl2F3N3O2.C3H7NO/c1-9-14(17(28)26-13-8-3-2-6-11(13)19(22,23)24)16(27-18(29)25-9)10-5-4-7-12(20)15(10)21;1-4(2)3-5/h2-8,16H,1H3,(H,26,28)(H2,25,27,29);3H,1-2H3. The van der Waals surface area contributed by atoms with Crippen molar-refractivity contribution in [2.75, 3.05) is 19.4 Å². The Morgan fingerprint density at radius 3 is 2.32 bits per heavy atom. The summed E-state index contributed by atoms with van der Waals surface area (Å²) in [5.41, 5.74) is -0.875. The highest BCUT2D eigenvalue weighted by molar-refractivity contribution is 6.42. The molecule has 0 radical (unpaired) electrons. The fourth-order valence-corrected chi connectivity index (χ4v) is 3.42. The lowest BCUT2D eigenvalue weighted by Crippen LogP contribution is -2.46. The molecule has 12 heteroatoms. The van der Waals surface area contributed by atoms with Crippen LogP contribution in [-0.4, -0.2) is 37.3 Å². The smallest absolute Gasteiger partial charge is 0.351 e. The predicted octanol–water partition coefficient (Wildman–Crippen LogP) is 4.98. The molecule has 0 bridgehead atoms. The second-order valence-corrected chi connectivity index (χ2v) is 8.06. The summed E-state index contributed by atoms with van der Waals surface area (Å²) in [6, 6.07) is 7.69. The normalized spacial score (nSPS) is 15.4. The second kappa shape index (κ2) is 11.3. The van der Waals surface area contributed by atoms with Gasteiger partial charge >= 0.3 is 12.2 Å². The Morgan fingerprint density at radius 2 is 1.74 bits per heavy atom. The molecule has 0 saturated carbocycles. The third-order valence-corrected chi connectivity index (χ3v) is 5.33. The van der Waals surface area contributed by atoms with Crippen LogP contribution in [0.15, 0.2) is 53.7 Å². The van der Waals surface area contributed by atoms with Gasteiger partial charge in [0.25, 0.3) is 5.91 Å². The van der Waals surface area contributed by atoms with Crippen molar-refractivity contribution in [1.29, 1.82) is 0 Å². The third-order valence-electron chi connectivity index (χ3n) is 4.50. The minimum atomic E-state index is -4.65. The zero-order chi connectivity index (χ0) is 25.6. The molecule has 2 aromatic rings. The molecule has 0 spiro atoms. The van der Waals surface area contributed by atoms with Gasteiger partial charge in [0.2, 0.25) is 6.41 Å². The molecule has 182 valence electrons. The number of anilines is 1. The molecule has 7 nitrogen and oxygen atoms in total. The maximum absolute atomic E-state index is 13.2. The van der Waals surface area contributed by atoms with Crippen LogP contribution in [0.4, 0.5) is 23.7 Å². The topological polar surface area (TPSA) is 90.5 Å². The van der Waals surface area contributed by atoms with E-state index in [0.717, 1.165) is 18.5 Å². The number of nitrogens with one attached hydrogen (secondary N) is 3. The number of hydrogen-bond acceptors (Lipinski definition) is 3. The molecule has 0 saturated heterocycles. The molecular formula is C22H21Cl2F3N4O3. The fraction of sp³-hybridized carbons (Fsp3) is 0.227. The number of hydrogen-bond donors (Lipinski definition) is 3. The summed E-state index contributed by atoms with van der Waals surface area (Å²) in [5.74, 6) is -0.826. The highest BCUT2D eigenvalue weighted by Gasteiger charge is 2.36. The first-order valence-corrected chi connectivity index (χ1v) is 10.4. The van der Waals surface area contributed by atoms with Crippen molar-refractivity contribution >= 4 is 47.2 Å². The van der Waals surface area contributed by atoms with Crippen molar-refractivity contribution in [1.82, 2.24) is 15.5 Å². The first kappa shape index (κ1) is 27.0. The van der Waals surface area contributed by atoms with Crippen LogP contribution in [0.5, 0.6) is 0 Å². The fourth-order valence-electron chi connectivity index (χ4n) is 3.00. The Kier molecular flexibility index (Phi) is 8.94. The lowest BCUT2D eigenvalue weighted by atomic mass is 9.94. The molecule has 1 unspecified atom stereocenters. The molecule has 3 N–H and O–H groups in total. The number of rotatable bonds is 4. The highest BCUT2D eigenvalue weighted by atomic mass is 35.5. The number of urea groups is 1. The number of benzene rings is 2. The average Bonchev–Trinajstić information content (AvgIpc) is 2.75. The highest BCUT2D eigenvalue weighted by Crippen LogP contribution is 2.37. The minimum Gasteiger partial charge on any atom is -0.351 e. The van der Waals surface area contributed by atoms with Gasteiger partial charge < -0.3 is 20.9 Å². The van der Waals surface area contributed by atoms with Crippen LogP contribution in [0.1, 0.15) is 24.1 Å². The van der Waals surface area contributed by atoms with E-state index in [0.29, 0.717) is 5.56 Å². The van der Waals surface area contributed by atoms with Crippen molar-refractivity contribution in [3.05, 3.63) is 74.9 Å². The van der Waals surface area contributed by atoms with Crippen molar-refractivity contribution in [3.8, 4) is 0 Å². The largest absolute Gasteiger partial charge is 0.418 e. The van der Waals surface area contributed by atoms with Crippen LogP contribution in [0.25, 0.3) is 0 Å². The Morgan fingerprint density at radius 1 is 1.12 bits per heavy atom. The summed E-state index contributed by atoms with van der Waals surface area (Å²) in [5, 5.41) is 7.61. The summed E-state index contributed by atoms with van der Waals surface area (Å²) in [7, 11) is 3.38. The van der Waals surface area contributed by atoms with Gasteiger partial charge in [-0.25, -0.2) is 4.79 Å². The molecule has 1 heterocycles. The third kappa shape index (κ3) is 6.64. The maximum atomic E-state index is 13.2. The van der Waals surface area contributed by atoms with Gasteiger partial charge in [-0.05, 0) is 30.7 Å². The van der Waals surface area contributed by atoms with E-state index in [-0.39, 0.29) is 21.3 Å². The number of amides is 4. The Bertz CT molecular complexity index is 1120. The Hall–Kier alpha value is -3.24. The molecule has 0 aromatic heterocycles. The van der Waals surface area contributed by atoms with E-state index < -0.39 is 35.4 Å². The van der Waals surface area contributed by atoms with E-state index in [1.807, 2.05) is 0 Å². The molecule has 1 aliphatic rings. The van der Waals surface area contributed by atoms with Crippen molar-refractivity contribution < 1.29 is 27.6 Å². The van der Waals surface area contributed by atoms with Gasteiger partial charge in [0.05, 0.1) is 32.9 Å². The average molecular weight is 517 g/mol. The van der Waals surface area contributed by atoms with Crippen LogP contribution in [0.3, 0.4) is 0 Å². The lowest BCUT2D eigenvalue weighted by molar-refractivity contribution is -0.137. The zero-order valence-electron chi connectivity index (χ0n) is 18.3. The molecule has 1 atom stereocenters. The van der Waals surface area contributed by atoms with Crippen LogP contribution in [0.2, 0.25) is 10.0 Å². The van der Waals surface area contributed by atoms with E-state index in [2.05, 4.69) is 16.0 Å². The van der Waals surface area contributed by atoms with Gasteiger partial charge in [-0.1, -0.05) is 47.5 Å². The van der Waals surface area contributed by atoms with E-state index in [4.69, 9.17) is 23.2 Å². The van der Waals surface area contributed by atoms with Gasteiger partial charge in [0.1, 0.15) is 0 Å².